The van der Waals surface area contributed by atoms with E-state index in [1.807, 2.05) is 19.9 Å². The van der Waals surface area contributed by atoms with E-state index in [2.05, 4.69) is 4.98 Å². The van der Waals surface area contributed by atoms with Crippen molar-refractivity contribution < 1.29 is 14.3 Å². The van der Waals surface area contributed by atoms with E-state index < -0.39 is 5.97 Å². The second-order valence-corrected chi connectivity index (χ2v) is 4.48. The second kappa shape index (κ2) is 8.09. The number of amides is 1. The molecule has 20 heavy (non-hydrogen) atoms. The molecule has 0 aliphatic carbocycles. The Morgan fingerprint density at radius 1 is 1.45 bits per heavy atom. The van der Waals surface area contributed by atoms with E-state index in [1.54, 1.807) is 31.5 Å². The van der Waals surface area contributed by atoms with E-state index in [9.17, 15) is 9.59 Å². The largest absolute Gasteiger partial charge is 0.465 e. The molecule has 0 saturated heterocycles. The van der Waals surface area contributed by atoms with E-state index in [-0.39, 0.29) is 18.5 Å². The Labute approximate surface area is 119 Å². The van der Waals surface area contributed by atoms with Crippen molar-refractivity contribution in [3.8, 4) is 0 Å². The topological polar surface area (TPSA) is 59.5 Å². The molecule has 1 rings (SSSR count). The van der Waals surface area contributed by atoms with Gasteiger partial charge in [-0.3, -0.25) is 14.6 Å². The first-order valence-electron chi connectivity index (χ1n) is 6.59. The number of rotatable bonds is 6. The summed E-state index contributed by atoms with van der Waals surface area (Å²) in [6, 6.07) is 3.57. The van der Waals surface area contributed by atoms with E-state index >= 15 is 0 Å². The van der Waals surface area contributed by atoms with Gasteiger partial charge in [-0.25, -0.2) is 0 Å². The van der Waals surface area contributed by atoms with Crippen molar-refractivity contribution in [1.82, 2.24) is 9.88 Å². The minimum atomic E-state index is -0.399. The normalized spacial score (nSPS) is 10.8. The monoisotopic (exact) mass is 276 g/mol. The lowest BCUT2D eigenvalue weighted by molar-refractivity contribution is -0.148. The van der Waals surface area contributed by atoms with Crippen molar-refractivity contribution >= 4 is 18.0 Å². The number of ether oxygens (including phenoxy) is 1. The van der Waals surface area contributed by atoms with Crippen LogP contribution in [0.1, 0.15) is 26.3 Å². The maximum Gasteiger partial charge on any atom is 0.325 e. The Morgan fingerprint density at radius 3 is 2.75 bits per heavy atom. The van der Waals surface area contributed by atoms with Crippen LogP contribution in [0.3, 0.4) is 0 Å². The first-order valence-corrected chi connectivity index (χ1v) is 6.59. The molecule has 108 valence electrons. The van der Waals surface area contributed by atoms with E-state index in [0.717, 1.165) is 5.56 Å². The smallest absolute Gasteiger partial charge is 0.325 e. The number of carbonyl (C=O) groups excluding carboxylic acids is 2. The zero-order chi connectivity index (χ0) is 15.0. The van der Waals surface area contributed by atoms with E-state index in [4.69, 9.17) is 4.74 Å². The minimum Gasteiger partial charge on any atom is -0.465 e. The van der Waals surface area contributed by atoms with Gasteiger partial charge < -0.3 is 9.64 Å². The fourth-order valence-corrected chi connectivity index (χ4v) is 1.60. The first kappa shape index (κ1) is 15.9. The number of pyridine rings is 1. The summed E-state index contributed by atoms with van der Waals surface area (Å²) in [6.45, 7) is 5.72. The van der Waals surface area contributed by atoms with Crippen LogP contribution in [0.25, 0.3) is 6.08 Å². The van der Waals surface area contributed by atoms with Crippen LogP contribution in [0.2, 0.25) is 0 Å². The molecule has 1 heterocycles. The summed E-state index contributed by atoms with van der Waals surface area (Å²) >= 11 is 0. The lowest BCUT2D eigenvalue weighted by Crippen LogP contribution is -2.40. The summed E-state index contributed by atoms with van der Waals surface area (Å²) in [5.41, 5.74) is 0.834. The van der Waals surface area contributed by atoms with Crippen LogP contribution in [0.5, 0.6) is 0 Å². The molecule has 1 amide bonds. The quantitative estimate of drug-likeness (QED) is 0.588. The third-order valence-corrected chi connectivity index (χ3v) is 2.61. The molecule has 0 unspecified atom stereocenters. The summed E-state index contributed by atoms with van der Waals surface area (Å²) < 4.78 is 4.87. The molecule has 0 atom stereocenters. The zero-order valence-corrected chi connectivity index (χ0v) is 12.1. The van der Waals surface area contributed by atoms with Crippen LogP contribution in [0.4, 0.5) is 0 Å². The van der Waals surface area contributed by atoms with E-state index in [0.29, 0.717) is 6.61 Å². The van der Waals surface area contributed by atoms with Gasteiger partial charge in [-0.2, -0.15) is 0 Å². The zero-order valence-electron chi connectivity index (χ0n) is 12.1. The van der Waals surface area contributed by atoms with Gasteiger partial charge in [0.1, 0.15) is 6.54 Å². The van der Waals surface area contributed by atoms with Crippen LogP contribution in [0, 0.1) is 0 Å². The summed E-state index contributed by atoms with van der Waals surface area (Å²) in [6.07, 6.45) is 6.45. The number of esters is 1. The van der Waals surface area contributed by atoms with Crippen LogP contribution in [-0.2, 0) is 14.3 Å². The van der Waals surface area contributed by atoms with Crippen molar-refractivity contribution in [1.29, 1.82) is 0 Å². The van der Waals surface area contributed by atoms with Crippen molar-refractivity contribution in [3.63, 3.8) is 0 Å². The summed E-state index contributed by atoms with van der Waals surface area (Å²) in [5.74, 6) is -0.624. The molecule has 0 aliphatic rings. The number of hydrogen-bond acceptors (Lipinski definition) is 4. The average Bonchev–Trinajstić information content (AvgIpc) is 2.43. The molecule has 5 heteroatoms. The maximum atomic E-state index is 12.1. The number of nitrogens with zero attached hydrogens (tertiary/aromatic N) is 2. The molecule has 0 bridgehead atoms. The van der Waals surface area contributed by atoms with Crippen molar-refractivity contribution in [3.05, 3.63) is 36.2 Å². The molecule has 0 fully saturated rings. The highest BCUT2D eigenvalue weighted by Gasteiger charge is 2.18. The molecule has 0 saturated carbocycles. The third-order valence-electron chi connectivity index (χ3n) is 2.61. The summed E-state index contributed by atoms with van der Waals surface area (Å²) in [5, 5.41) is 0. The van der Waals surface area contributed by atoms with Gasteiger partial charge in [-0.15, -0.1) is 0 Å². The molecule has 0 N–H and O–H groups in total. The molecular weight excluding hydrogens is 256 g/mol. The van der Waals surface area contributed by atoms with Gasteiger partial charge >= 0.3 is 5.97 Å². The second-order valence-electron chi connectivity index (χ2n) is 4.48. The first-order chi connectivity index (χ1) is 9.54. The molecule has 0 aliphatic heterocycles. The molecule has 5 nitrogen and oxygen atoms in total. The van der Waals surface area contributed by atoms with Crippen LogP contribution in [0.15, 0.2) is 30.6 Å². The van der Waals surface area contributed by atoms with E-state index in [1.165, 1.54) is 11.0 Å². The highest BCUT2D eigenvalue weighted by atomic mass is 16.5. The number of hydrogen-bond donors (Lipinski definition) is 0. The minimum absolute atomic E-state index is 0.0400. The predicted octanol–water partition coefficient (Wildman–Crippen LogP) is 1.89. The highest BCUT2D eigenvalue weighted by molar-refractivity contribution is 5.93. The lowest BCUT2D eigenvalue weighted by Gasteiger charge is -2.24. The lowest BCUT2D eigenvalue weighted by atomic mass is 10.2. The van der Waals surface area contributed by atoms with Crippen molar-refractivity contribution in [2.75, 3.05) is 13.2 Å². The van der Waals surface area contributed by atoms with Crippen LogP contribution in [-0.4, -0.2) is 41.0 Å². The van der Waals surface area contributed by atoms with Crippen molar-refractivity contribution in [2.24, 2.45) is 0 Å². The number of carbonyl (C=O) groups is 2. The molecule has 1 aromatic heterocycles. The Hall–Kier alpha value is -2.17. The Morgan fingerprint density at radius 2 is 2.20 bits per heavy atom. The highest BCUT2D eigenvalue weighted by Crippen LogP contribution is 2.04. The van der Waals surface area contributed by atoms with Crippen LogP contribution >= 0.6 is 0 Å². The summed E-state index contributed by atoms with van der Waals surface area (Å²) in [7, 11) is 0. The average molecular weight is 276 g/mol. The van der Waals surface area contributed by atoms with Crippen molar-refractivity contribution in [2.45, 2.75) is 26.8 Å². The molecule has 0 aromatic carbocycles. The van der Waals surface area contributed by atoms with Crippen LogP contribution < -0.4 is 0 Å². The SMILES string of the molecule is CCOC(=O)CN(C(=O)/C=C/c1cccnc1)C(C)C. The van der Waals surface area contributed by atoms with Gasteiger partial charge in [-0.05, 0) is 38.5 Å². The van der Waals surface area contributed by atoms with Gasteiger partial charge in [0, 0.05) is 24.5 Å². The van der Waals surface area contributed by atoms with Gasteiger partial charge in [-0.1, -0.05) is 6.07 Å². The van der Waals surface area contributed by atoms with Gasteiger partial charge in [0.15, 0.2) is 0 Å². The number of aromatic nitrogens is 1. The fraction of sp³-hybridized carbons (Fsp3) is 0.400. The molecule has 0 spiro atoms. The molecular formula is C15H20N2O3. The standard InChI is InChI=1S/C15H20N2O3/c1-4-20-15(19)11-17(12(2)3)14(18)8-7-13-6-5-9-16-10-13/h5-10,12H,4,11H2,1-3H3/b8-7+. The molecule has 0 radical (unpaired) electrons. The Balaban J connectivity index is 2.69. The summed E-state index contributed by atoms with van der Waals surface area (Å²) in [4.78, 5) is 29.0. The molecule has 1 aromatic rings. The Kier molecular flexibility index (Phi) is 6.43. The fourth-order valence-electron chi connectivity index (χ4n) is 1.60. The van der Waals surface area contributed by atoms with Gasteiger partial charge in [0.2, 0.25) is 5.91 Å². The predicted molar refractivity (Wildman–Crippen MR) is 76.8 cm³/mol. The third kappa shape index (κ3) is 5.22. The van der Waals surface area contributed by atoms with Gasteiger partial charge in [0.05, 0.1) is 6.61 Å². The van der Waals surface area contributed by atoms with Gasteiger partial charge in [0.25, 0.3) is 0 Å². The Bertz CT molecular complexity index is 469. The maximum absolute atomic E-state index is 12.1.